The van der Waals surface area contributed by atoms with E-state index in [0.717, 1.165) is 37.4 Å². The molecule has 0 atom stereocenters. The molecule has 0 radical (unpaired) electrons. The van der Waals surface area contributed by atoms with Gasteiger partial charge in [0.05, 0.1) is 19.3 Å². The first-order valence-corrected chi connectivity index (χ1v) is 8.76. The number of hydrogen-bond acceptors (Lipinski definition) is 5. The van der Waals surface area contributed by atoms with Crippen LogP contribution in [0.4, 0.5) is 11.4 Å². The summed E-state index contributed by atoms with van der Waals surface area (Å²) >= 11 is 0. The molecule has 1 aliphatic rings. The average molecular weight is 355 g/mol. The number of amides is 1. The molecule has 26 heavy (non-hydrogen) atoms. The Labute approximate surface area is 154 Å². The fraction of sp³-hybridized carbons (Fsp3) is 0.350. The highest BCUT2D eigenvalue weighted by Gasteiger charge is 2.20. The minimum Gasteiger partial charge on any atom is -0.508 e. The molecule has 2 aromatic carbocycles. The maximum atomic E-state index is 12.4. The summed E-state index contributed by atoms with van der Waals surface area (Å²) in [5, 5.41) is 12.6. The van der Waals surface area contributed by atoms with Crippen LogP contribution < -0.4 is 15.0 Å². The van der Waals surface area contributed by atoms with Crippen molar-refractivity contribution in [3.8, 4) is 11.5 Å². The van der Waals surface area contributed by atoms with Gasteiger partial charge in [0, 0.05) is 37.9 Å². The second kappa shape index (κ2) is 8.10. The van der Waals surface area contributed by atoms with E-state index in [1.165, 1.54) is 0 Å². The predicted molar refractivity (Wildman–Crippen MR) is 103 cm³/mol. The molecule has 3 rings (SSSR count). The van der Waals surface area contributed by atoms with Crippen molar-refractivity contribution in [3.05, 3.63) is 48.0 Å². The summed E-state index contributed by atoms with van der Waals surface area (Å²) in [5.74, 6) is 0.897. The molecule has 0 unspecified atom stereocenters. The zero-order chi connectivity index (χ0) is 18.5. The number of anilines is 2. The van der Waals surface area contributed by atoms with E-state index >= 15 is 0 Å². The Bertz CT molecular complexity index is 771. The van der Waals surface area contributed by atoms with E-state index in [9.17, 15) is 9.90 Å². The summed E-state index contributed by atoms with van der Waals surface area (Å²) in [6.07, 6.45) is 0. The van der Waals surface area contributed by atoms with Crippen LogP contribution in [-0.2, 0) is 4.79 Å². The van der Waals surface area contributed by atoms with Crippen molar-refractivity contribution in [1.29, 1.82) is 0 Å². The largest absolute Gasteiger partial charge is 0.508 e. The lowest BCUT2D eigenvalue weighted by Crippen LogP contribution is -2.48. The number of hydrogen-bond donors (Lipinski definition) is 2. The molecule has 1 amide bonds. The smallest absolute Gasteiger partial charge is 0.238 e. The summed E-state index contributed by atoms with van der Waals surface area (Å²) in [7, 11) is 1.60. The van der Waals surface area contributed by atoms with Gasteiger partial charge in [0.1, 0.15) is 11.5 Å². The third kappa shape index (κ3) is 4.46. The van der Waals surface area contributed by atoms with Crippen LogP contribution in [0.25, 0.3) is 0 Å². The molecule has 0 spiro atoms. The topological polar surface area (TPSA) is 65.0 Å². The minimum absolute atomic E-state index is 0.0419. The number of piperazine rings is 1. The maximum Gasteiger partial charge on any atom is 0.238 e. The maximum absolute atomic E-state index is 12.4. The molecule has 2 N–H and O–H groups in total. The number of nitrogens with zero attached hydrogens (tertiary/aromatic N) is 2. The van der Waals surface area contributed by atoms with Gasteiger partial charge in [-0.25, -0.2) is 0 Å². The van der Waals surface area contributed by atoms with Crippen molar-refractivity contribution in [3.63, 3.8) is 0 Å². The number of phenols is 1. The molecule has 2 aromatic rings. The standard InChI is InChI=1S/C20H25N3O3/c1-15-6-7-19(26-2)18(12-15)21-20(25)14-22-8-10-23(11-9-22)16-4-3-5-17(24)13-16/h3-7,12-13,24H,8-11,14H2,1-2H3,(H,21,25). The number of carbonyl (C=O) groups is 1. The molecule has 0 aromatic heterocycles. The van der Waals surface area contributed by atoms with E-state index in [1.54, 1.807) is 19.2 Å². The van der Waals surface area contributed by atoms with Crippen molar-refractivity contribution in [2.24, 2.45) is 0 Å². The molecular weight excluding hydrogens is 330 g/mol. The van der Waals surface area contributed by atoms with Gasteiger partial charge in [0.25, 0.3) is 0 Å². The first kappa shape index (κ1) is 18.1. The van der Waals surface area contributed by atoms with Crippen LogP contribution in [0.15, 0.2) is 42.5 Å². The van der Waals surface area contributed by atoms with Crippen molar-refractivity contribution in [2.75, 3.05) is 50.1 Å². The van der Waals surface area contributed by atoms with Crippen LogP contribution in [0.2, 0.25) is 0 Å². The van der Waals surface area contributed by atoms with Gasteiger partial charge < -0.3 is 20.1 Å². The van der Waals surface area contributed by atoms with Crippen molar-refractivity contribution in [1.82, 2.24) is 4.90 Å². The van der Waals surface area contributed by atoms with Crippen LogP contribution in [0.5, 0.6) is 11.5 Å². The number of aryl methyl sites for hydroxylation is 1. The molecule has 6 heteroatoms. The third-order valence-corrected chi connectivity index (χ3v) is 4.56. The van der Waals surface area contributed by atoms with Gasteiger partial charge in [-0.05, 0) is 36.8 Å². The Balaban J connectivity index is 1.53. The van der Waals surface area contributed by atoms with Crippen LogP contribution >= 0.6 is 0 Å². The molecule has 1 aliphatic heterocycles. The van der Waals surface area contributed by atoms with E-state index in [0.29, 0.717) is 18.0 Å². The molecule has 6 nitrogen and oxygen atoms in total. The lowest BCUT2D eigenvalue weighted by molar-refractivity contribution is -0.117. The molecule has 0 aliphatic carbocycles. The van der Waals surface area contributed by atoms with Crippen LogP contribution in [-0.4, -0.2) is 55.7 Å². The van der Waals surface area contributed by atoms with Crippen molar-refractivity contribution < 1.29 is 14.6 Å². The third-order valence-electron chi connectivity index (χ3n) is 4.56. The van der Waals surface area contributed by atoms with Gasteiger partial charge in [0.15, 0.2) is 0 Å². The number of carbonyl (C=O) groups excluding carboxylic acids is 1. The number of nitrogens with one attached hydrogen (secondary N) is 1. The summed E-state index contributed by atoms with van der Waals surface area (Å²) in [5.41, 5.74) is 2.79. The highest BCUT2D eigenvalue weighted by Crippen LogP contribution is 2.25. The van der Waals surface area contributed by atoms with E-state index in [-0.39, 0.29) is 11.7 Å². The Hall–Kier alpha value is -2.73. The van der Waals surface area contributed by atoms with Gasteiger partial charge in [-0.15, -0.1) is 0 Å². The van der Waals surface area contributed by atoms with Gasteiger partial charge >= 0.3 is 0 Å². The zero-order valence-electron chi connectivity index (χ0n) is 15.2. The Morgan fingerprint density at radius 2 is 1.92 bits per heavy atom. The summed E-state index contributed by atoms with van der Waals surface area (Å²) in [6, 6.07) is 13.0. The lowest BCUT2D eigenvalue weighted by Gasteiger charge is -2.35. The van der Waals surface area contributed by atoms with E-state index < -0.39 is 0 Å². The number of rotatable bonds is 5. The molecular formula is C20H25N3O3. The molecule has 138 valence electrons. The Morgan fingerprint density at radius 3 is 2.62 bits per heavy atom. The monoisotopic (exact) mass is 355 g/mol. The van der Waals surface area contributed by atoms with E-state index in [4.69, 9.17) is 4.74 Å². The minimum atomic E-state index is -0.0419. The van der Waals surface area contributed by atoms with E-state index in [2.05, 4.69) is 15.1 Å². The number of aromatic hydroxyl groups is 1. The van der Waals surface area contributed by atoms with Gasteiger partial charge in [-0.2, -0.15) is 0 Å². The van der Waals surface area contributed by atoms with Gasteiger partial charge in [0.2, 0.25) is 5.91 Å². The fourth-order valence-corrected chi connectivity index (χ4v) is 3.17. The number of methoxy groups -OCH3 is 1. The normalized spacial score (nSPS) is 14.9. The van der Waals surface area contributed by atoms with Gasteiger partial charge in [-0.1, -0.05) is 12.1 Å². The lowest BCUT2D eigenvalue weighted by atomic mass is 10.2. The SMILES string of the molecule is COc1ccc(C)cc1NC(=O)CN1CCN(c2cccc(O)c2)CC1. The summed E-state index contributed by atoms with van der Waals surface area (Å²) in [4.78, 5) is 16.8. The number of benzene rings is 2. The van der Waals surface area contributed by atoms with Crippen molar-refractivity contribution in [2.45, 2.75) is 6.92 Å². The van der Waals surface area contributed by atoms with Crippen molar-refractivity contribution >= 4 is 17.3 Å². The van der Waals surface area contributed by atoms with Crippen LogP contribution in [0, 0.1) is 6.92 Å². The first-order chi connectivity index (χ1) is 12.5. The first-order valence-electron chi connectivity index (χ1n) is 8.76. The molecule has 0 saturated carbocycles. The second-order valence-corrected chi connectivity index (χ2v) is 6.53. The average Bonchev–Trinajstić information content (AvgIpc) is 2.62. The fourth-order valence-electron chi connectivity index (χ4n) is 3.17. The van der Waals surface area contributed by atoms with Crippen LogP contribution in [0.3, 0.4) is 0 Å². The Morgan fingerprint density at radius 1 is 1.15 bits per heavy atom. The van der Waals surface area contributed by atoms with Gasteiger partial charge in [-0.3, -0.25) is 9.69 Å². The van der Waals surface area contributed by atoms with E-state index in [1.807, 2.05) is 37.3 Å². The summed E-state index contributed by atoms with van der Waals surface area (Å²) in [6.45, 7) is 5.58. The molecule has 0 bridgehead atoms. The second-order valence-electron chi connectivity index (χ2n) is 6.53. The number of ether oxygens (including phenoxy) is 1. The predicted octanol–water partition coefficient (Wildman–Crippen LogP) is 2.47. The Kier molecular flexibility index (Phi) is 5.63. The zero-order valence-corrected chi connectivity index (χ0v) is 15.2. The highest BCUT2D eigenvalue weighted by molar-refractivity contribution is 5.93. The molecule has 1 saturated heterocycles. The quantitative estimate of drug-likeness (QED) is 0.863. The number of phenolic OH excluding ortho intramolecular Hbond substituents is 1. The van der Waals surface area contributed by atoms with Crippen LogP contribution in [0.1, 0.15) is 5.56 Å². The molecule has 1 fully saturated rings. The highest BCUT2D eigenvalue weighted by atomic mass is 16.5. The molecule has 1 heterocycles. The summed E-state index contributed by atoms with van der Waals surface area (Å²) < 4.78 is 5.31.